The van der Waals surface area contributed by atoms with Crippen LogP contribution in [-0.4, -0.2) is 13.1 Å². The normalized spacial score (nSPS) is 11.5. The number of carbonyl (C=O) groups excluding carboxylic acids is 1. The molecule has 0 amide bonds. The maximum Gasteiger partial charge on any atom is 0.417 e. The summed E-state index contributed by atoms with van der Waals surface area (Å²) in [7, 11) is 0.972. The summed E-state index contributed by atoms with van der Waals surface area (Å²) < 4.78 is 54.7. The molecule has 0 aromatic heterocycles. The van der Waals surface area contributed by atoms with Gasteiger partial charge in [0.05, 0.1) is 17.7 Å². The van der Waals surface area contributed by atoms with Gasteiger partial charge in [-0.15, -0.1) is 0 Å². The van der Waals surface area contributed by atoms with Crippen molar-refractivity contribution in [3.05, 3.63) is 32.5 Å². The summed E-state index contributed by atoms with van der Waals surface area (Å²) in [5.41, 5.74) is -2.04. The SMILES string of the molecule is COC(=O)c1c(Br)cc(C(F)(F)F)c(Cl)c1F. The third-order valence-corrected chi connectivity index (χ3v) is 2.85. The Morgan fingerprint density at radius 2 is 2.00 bits per heavy atom. The van der Waals surface area contributed by atoms with Crippen LogP contribution in [0.15, 0.2) is 10.5 Å². The molecular formula is C9H4BrClF4O2. The highest BCUT2D eigenvalue weighted by atomic mass is 79.9. The molecule has 0 fully saturated rings. The first-order valence-electron chi connectivity index (χ1n) is 4.03. The Kier molecular flexibility index (Phi) is 4.03. The number of hydrogen-bond acceptors (Lipinski definition) is 2. The van der Waals surface area contributed by atoms with E-state index in [1.807, 2.05) is 0 Å². The maximum atomic E-state index is 13.5. The van der Waals surface area contributed by atoms with Crippen LogP contribution in [0, 0.1) is 5.82 Å². The van der Waals surface area contributed by atoms with Crippen molar-refractivity contribution in [2.24, 2.45) is 0 Å². The molecule has 1 aromatic carbocycles. The quantitative estimate of drug-likeness (QED) is 0.440. The third-order valence-electron chi connectivity index (χ3n) is 1.85. The molecule has 0 bridgehead atoms. The first kappa shape index (κ1) is 14.2. The van der Waals surface area contributed by atoms with Crippen molar-refractivity contribution in [2.45, 2.75) is 6.18 Å². The number of alkyl halides is 3. The van der Waals surface area contributed by atoms with Crippen LogP contribution >= 0.6 is 27.5 Å². The molecule has 1 aromatic rings. The zero-order valence-corrected chi connectivity index (χ0v) is 10.5. The fraction of sp³-hybridized carbons (Fsp3) is 0.222. The molecule has 17 heavy (non-hydrogen) atoms. The number of carbonyl (C=O) groups is 1. The summed E-state index contributed by atoms with van der Waals surface area (Å²) in [5, 5.41) is -1.17. The molecule has 0 aliphatic heterocycles. The lowest BCUT2D eigenvalue weighted by Crippen LogP contribution is -2.12. The summed E-state index contributed by atoms with van der Waals surface area (Å²) in [4.78, 5) is 11.1. The predicted octanol–water partition coefficient (Wildman–Crippen LogP) is 4.05. The Balaban J connectivity index is 3.53. The number of hydrogen-bond donors (Lipinski definition) is 0. The second-order valence-electron chi connectivity index (χ2n) is 2.90. The van der Waals surface area contributed by atoms with Crippen LogP contribution < -0.4 is 0 Å². The molecule has 0 N–H and O–H groups in total. The summed E-state index contributed by atoms with van der Waals surface area (Å²) in [6.07, 6.45) is -4.81. The van der Waals surface area contributed by atoms with E-state index in [0.717, 1.165) is 7.11 Å². The zero-order chi connectivity index (χ0) is 13.4. The molecule has 8 heteroatoms. The Morgan fingerprint density at radius 3 is 2.41 bits per heavy atom. The van der Waals surface area contributed by atoms with E-state index in [1.165, 1.54) is 0 Å². The van der Waals surface area contributed by atoms with Gasteiger partial charge in [-0.25, -0.2) is 9.18 Å². The van der Waals surface area contributed by atoms with Crippen molar-refractivity contribution in [1.82, 2.24) is 0 Å². The van der Waals surface area contributed by atoms with E-state index in [0.29, 0.717) is 6.07 Å². The van der Waals surface area contributed by atoms with Gasteiger partial charge in [-0.2, -0.15) is 13.2 Å². The summed E-state index contributed by atoms with van der Waals surface area (Å²) in [6.45, 7) is 0. The van der Waals surface area contributed by atoms with Crippen LogP contribution in [0.1, 0.15) is 15.9 Å². The highest BCUT2D eigenvalue weighted by Crippen LogP contribution is 2.39. The lowest BCUT2D eigenvalue weighted by Gasteiger charge is -2.12. The Bertz CT molecular complexity index is 473. The van der Waals surface area contributed by atoms with Crippen molar-refractivity contribution < 1.29 is 27.1 Å². The van der Waals surface area contributed by atoms with Gasteiger partial charge in [0, 0.05) is 4.47 Å². The standard InChI is InChI=1S/C9H4BrClF4O2/c1-17-8(16)5-4(10)2-3(9(13,14)15)6(11)7(5)12/h2H,1H3. The van der Waals surface area contributed by atoms with Gasteiger partial charge in [0.15, 0.2) is 5.82 Å². The second kappa shape index (κ2) is 4.81. The fourth-order valence-corrected chi connectivity index (χ4v) is 1.91. The number of halogens is 6. The van der Waals surface area contributed by atoms with Crippen LogP contribution in [0.25, 0.3) is 0 Å². The van der Waals surface area contributed by atoms with Crippen LogP contribution in [0.3, 0.4) is 0 Å². The van der Waals surface area contributed by atoms with Crippen LogP contribution in [-0.2, 0) is 10.9 Å². The average Bonchev–Trinajstić information content (AvgIpc) is 2.21. The molecule has 0 aliphatic rings. The van der Waals surface area contributed by atoms with Gasteiger partial charge in [-0.05, 0) is 22.0 Å². The maximum absolute atomic E-state index is 13.5. The second-order valence-corrected chi connectivity index (χ2v) is 4.13. The van der Waals surface area contributed by atoms with Crippen LogP contribution in [0.5, 0.6) is 0 Å². The van der Waals surface area contributed by atoms with Gasteiger partial charge >= 0.3 is 12.1 Å². The predicted molar refractivity (Wildman–Crippen MR) is 55.5 cm³/mol. The number of benzene rings is 1. The molecule has 2 nitrogen and oxygen atoms in total. The highest BCUT2D eigenvalue weighted by molar-refractivity contribution is 9.10. The van der Waals surface area contributed by atoms with E-state index in [2.05, 4.69) is 20.7 Å². The molecule has 0 saturated carbocycles. The summed E-state index contributed by atoms with van der Waals surface area (Å²) >= 11 is 7.90. The zero-order valence-electron chi connectivity index (χ0n) is 8.16. The molecule has 0 radical (unpaired) electrons. The lowest BCUT2D eigenvalue weighted by atomic mass is 10.1. The first-order chi connectivity index (χ1) is 7.70. The minimum absolute atomic E-state index is 0.376. The van der Waals surface area contributed by atoms with E-state index in [9.17, 15) is 22.4 Å². The number of esters is 1. The van der Waals surface area contributed by atoms with Crippen LogP contribution in [0.4, 0.5) is 17.6 Å². The minimum Gasteiger partial charge on any atom is -0.465 e. The van der Waals surface area contributed by atoms with Crippen molar-refractivity contribution in [2.75, 3.05) is 7.11 Å². The van der Waals surface area contributed by atoms with Crippen LogP contribution in [0.2, 0.25) is 5.02 Å². The van der Waals surface area contributed by atoms with Crippen molar-refractivity contribution in [1.29, 1.82) is 0 Å². The molecule has 0 spiro atoms. The van der Waals surface area contributed by atoms with E-state index < -0.39 is 34.1 Å². The van der Waals surface area contributed by atoms with Crippen molar-refractivity contribution in [3.8, 4) is 0 Å². The monoisotopic (exact) mass is 334 g/mol. The largest absolute Gasteiger partial charge is 0.465 e. The van der Waals surface area contributed by atoms with Gasteiger partial charge in [-0.3, -0.25) is 0 Å². The number of rotatable bonds is 1. The Morgan fingerprint density at radius 1 is 1.47 bits per heavy atom. The van der Waals surface area contributed by atoms with Gasteiger partial charge in [0.1, 0.15) is 5.56 Å². The smallest absolute Gasteiger partial charge is 0.417 e. The molecule has 0 aliphatic carbocycles. The lowest BCUT2D eigenvalue weighted by molar-refractivity contribution is -0.137. The topological polar surface area (TPSA) is 26.3 Å². The minimum atomic E-state index is -4.81. The molecule has 0 saturated heterocycles. The molecule has 94 valence electrons. The molecule has 0 heterocycles. The van der Waals surface area contributed by atoms with E-state index in [4.69, 9.17) is 11.6 Å². The van der Waals surface area contributed by atoms with Gasteiger partial charge in [0.25, 0.3) is 0 Å². The fourth-order valence-electron chi connectivity index (χ4n) is 1.09. The number of methoxy groups -OCH3 is 1. The van der Waals surface area contributed by atoms with E-state index in [-0.39, 0.29) is 4.47 Å². The average molecular weight is 335 g/mol. The first-order valence-corrected chi connectivity index (χ1v) is 5.20. The van der Waals surface area contributed by atoms with Gasteiger partial charge in [-0.1, -0.05) is 11.6 Å². The molecule has 0 unspecified atom stereocenters. The van der Waals surface area contributed by atoms with E-state index in [1.54, 1.807) is 0 Å². The molecular weight excluding hydrogens is 331 g/mol. The Labute approximate surface area is 107 Å². The molecule has 1 rings (SSSR count). The summed E-state index contributed by atoms with van der Waals surface area (Å²) in [5.74, 6) is -2.59. The van der Waals surface area contributed by atoms with Gasteiger partial charge < -0.3 is 4.74 Å². The summed E-state index contributed by atoms with van der Waals surface area (Å²) in [6, 6.07) is 0.525. The molecule has 0 atom stereocenters. The van der Waals surface area contributed by atoms with Crippen molar-refractivity contribution >= 4 is 33.5 Å². The number of ether oxygens (including phenoxy) is 1. The Hall–Kier alpha value is -0.820. The van der Waals surface area contributed by atoms with Gasteiger partial charge in [0.2, 0.25) is 0 Å². The third kappa shape index (κ3) is 2.71. The van der Waals surface area contributed by atoms with E-state index >= 15 is 0 Å². The highest BCUT2D eigenvalue weighted by Gasteiger charge is 2.37. The van der Waals surface area contributed by atoms with Crippen molar-refractivity contribution in [3.63, 3.8) is 0 Å².